The molecule has 0 saturated heterocycles. The van der Waals surface area contributed by atoms with E-state index in [1.807, 2.05) is 6.07 Å². The summed E-state index contributed by atoms with van der Waals surface area (Å²) in [6.07, 6.45) is 5.04. The summed E-state index contributed by atoms with van der Waals surface area (Å²) in [6.45, 7) is 4.92. The van der Waals surface area contributed by atoms with Crippen LogP contribution in [0.15, 0.2) is 18.2 Å². The Morgan fingerprint density at radius 3 is 2.75 bits per heavy atom. The molecule has 0 unspecified atom stereocenters. The summed E-state index contributed by atoms with van der Waals surface area (Å²) in [5.41, 5.74) is 1.35. The predicted molar refractivity (Wildman–Crippen MR) is 65.0 cm³/mol. The standard InChI is InChI=1S/C14H20O2/c1-11(2)5-3-4-6-12-7-8-13-14(9-12)16-10-15-13/h7-9,11H,3-6,10H2,1-2H3. The second kappa shape index (κ2) is 5.24. The van der Waals surface area contributed by atoms with Crippen molar-refractivity contribution in [2.45, 2.75) is 39.5 Å². The molecule has 0 fully saturated rings. The van der Waals surface area contributed by atoms with Gasteiger partial charge in [0.05, 0.1) is 0 Å². The third-order valence-corrected chi connectivity index (χ3v) is 2.93. The Labute approximate surface area is 97.6 Å². The van der Waals surface area contributed by atoms with E-state index in [0.717, 1.165) is 23.8 Å². The minimum absolute atomic E-state index is 0.367. The summed E-state index contributed by atoms with van der Waals surface area (Å²) < 4.78 is 10.6. The molecule has 0 amide bonds. The molecule has 1 aliphatic rings. The zero-order valence-electron chi connectivity index (χ0n) is 10.2. The van der Waals surface area contributed by atoms with Crippen LogP contribution in [-0.4, -0.2) is 6.79 Å². The summed E-state index contributed by atoms with van der Waals surface area (Å²) in [6, 6.07) is 6.26. The van der Waals surface area contributed by atoms with Crippen molar-refractivity contribution in [2.24, 2.45) is 5.92 Å². The van der Waals surface area contributed by atoms with Crippen LogP contribution in [0.3, 0.4) is 0 Å². The number of benzene rings is 1. The normalized spacial score (nSPS) is 13.4. The summed E-state index contributed by atoms with van der Waals surface area (Å²) in [5, 5.41) is 0. The van der Waals surface area contributed by atoms with Crippen molar-refractivity contribution in [3.8, 4) is 11.5 Å². The van der Waals surface area contributed by atoms with Crippen LogP contribution in [-0.2, 0) is 6.42 Å². The lowest BCUT2D eigenvalue weighted by Gasteiger charge is -2.05. The van der Waals surface area contributed by atoms with Gasteiger partial charge in [0, 0.05) is 0 Å². The quantitative estimate of drug-likeness (QED) is 0.703. The Kier molecular flexibility index (Phi) is 3.70. The highest BCUT2D eigenvalue weighted by Crippen LogP contribution is 2.32. The molecular weight excluding hydrogens is 200 g/mol. The topological polar surface area (TPSA) is 18.5 Å². The van der Waals surface area contributed by atoms with Gasteiger partial charge in [-0.3, -0.25) is 0 Å². The fraction of sp³-hybridized carbons (Fsp3) is 0.571. The Morgan fingerprint density at radius 2 is 1.94 bits per heavy atom. The monoisotopic (exact) mass is 220 g/mol. The molecule has 0 atom stereocenters. The molecule has 1 aromatic carbocycles. The zero-order chi connectivity index (χ0) is 11.4. The van der Waals surface area contributed by atoms with Crippen LogP contribution < -0.4 is 9.47 Å². The van der Waals surface area contributed by atoms with Crippen LogP contribution >= 0.6 is 0 Å². The average Bonchev–Trinajstić information content (AvgIpc) is 2.71. The van der Waals surface area contributed by atoms with Gasteiger partial charge in [-0.1, -0.05) is 32.8 Å². The number of hydrogen-bond acceptors (Lipinski definition) is 2. The molecule has 2 nitrogen and oxygen atoms in total. The molecule has 0 bridgehead atoms. The Hall–Kier alpha value is -1.18. The minimum Gasteiger partial charge on any atom is -0.454 e. The lowest BCUT2D eigenvalue weighted by molar-refractivity contribution is 0.174. The molecule has 0 N–H and O–H groups in total. The number of ether oxygens (including phenoxy) is 2. The zero-order valence-corrected chi connectivity index (χ0v) is 10.2. The van der Waals surface area contributed by atoms with Crippen LogP contribution in [0.5, 0.6) is 11.5 Å². The van der Waals surface area contributed by atoms with Gasteiger partial charge in [-0.2, -0.15) is 0 Å². The average molecular weight is 220 g/mol. The Morgan fingerprint density at radius 1 is 1.12 bits per heavy atom. The summed E-state index contributed by atoms with van der Waals surface area (Å²) in [5.74, 6) is 2.60. The van der Waals surface area contributed by atoms with Crippen LogP contribution in [0.1, 0.15) is 38.7 Å². The fourth-order valence-electron chi connectivity index (χ4n) is 1.98. The highest BCUT2D eigenvalue weighted by molar-refractivity contribution is 5.44. The van der Waals surface area contributed by atoms with E-state index in [9.17, 15) is 0 Å². The van der Waals surface area contributed by atoms with Gasteiger partial charge in [0.1, 0.15) is 0 Å². The van der Waals surface area contributed by atoms with E-state index in [2.05, 4.69) is 26.0 Å². The lowest BCUT2D eigenvalue weighted by atomic mass is 10.0. The number of hydrogen-bond donors (Lipinski definition) is 0. The van der Waals surface area contributed by atoms with Gasteiger partial charge in [-0.25, -0.2) is 0 Å². The van der Waals surface area contributed by atoms with E-state index < -0.39 is 0 Å². The largest absolute Gasteiger partial charge is 0.454 e. The maximum atomic E-state index is 5.36. The third kappa shape index (κ3) is 2.91. The minimum atomic E-state index is 0.367. The molecule has 0 aromatic heterocycles. The predicted octanol–water partition coefficient (Wildman–Crippen LogP) is 3.78. The first-order valence-corrected chi connectivity index (χ1v) is 6.14. The summed E-state index contributed by atoms with van der Waals surface area (Å²) >= 11 is 0. The molecule has 2 heteroatoms. The van der Waals surface area contributed by atoms with Gasteiger partial charge in [0.25, 0.3) is 0 Å². The molecule has 0 aliphatic carbocycles. The number of rotatable bonds is 5. The first kappa shape index (κ1) is 11.3. The second-order valence-electron chi connectivity index (χ2n) is 4.83. The maximum absolute atomic E-state index is 5.36. The molecule has 0 saturated carbocycles. The molecule has 1 aromatic rings. The van der Waals surface area contributed by atoms with Crippen molar-refractivity contribution in [3.05, 3.63) is 23.8 Å². The first-order chi connectivity index (χ1) is 7.75. The highest BCUT2D eigenvalue weighted by Gasteiger charge is 2.12. The van der Waals surface area contributed by atoms with Gasteiger partial charge in [-0.15, -0.1) is 0 Å². The van der Waals surface area contributed by atoms with Gasteiger partial charge in [0.2, 0.25) is 6.79 Å². The van der Waals surface area contributed by atoms with E-state index >= 15 is 0 Å². The van der Waals surface area contributed by atoms with Crippen LogP contribution in [0.2, 0.25) is 0 Å². The third-order valence-electron chi connectivity index (χ3n) is 2.93. The molecule has 1 heterocycles. The van der Waals surface area contributed by atoms with Crippen LogP contribution in [0.25, 0.3) is 0 Å². The highest BCUT2D eigenvalue weighted by atomic mass is 16.7. The van der Waals surface area contributed by atoms with E-state index in [-0.39, 0.29) is 0 Å². The molecule has 88 valence electrons. The fourth-order valence-corrected chi connectivity index (χ4v) is 1.98. The number of aryl methyl sites for hydroxylation is 1. The maximum Gasteiger partial charge on any atom is 0.231 e. The van der Waals surface area contributed by atoms with Gasteiger partial charge < -0.3 is 9.47 Å². The van der Waals surface area contributed by atoms with E-state index in [0.29, 0.717) is 6.79 Å². The molecule has 1 aliphatic heterocycles. The van der Waals surface area contributed by atoms with Crippen molar-refractivity contribution in [3.63, 3.8) is 0 Å². The van der Waals surface area contributed by atoms with E-state index in [1.54, 1.807) is 0 Å². The van der Waals surface area contributed by atoms with Gasteiger partial charge in [0.15, 0.2) is 11.5 Å². The summed E-state index contributed by atoms with van der Waals surface area (Å²) in [4.78, 5) is 0. The van der Waals surface area contributed by atoms with Crippen molar-refractivity contribution in [1.82, 2.24) is 0 Å². The molecule has 0 spiro atoms. The first-order valence-electron chi connectivity index (χ1n) is 6.14. The van der Waals surface area contributed by atoms with Crippen LogP contribution in [0.4, 0.5) is 0 Å². The molecule has 2 rings (SSSR count). The number of unbranched alkanes of at least 4 members (excludes halogenated alkanes) is 1. The van der Waals surface area contributed by atoms with Gasteiger partial charge in [-0.05, 0) is 36.5 Å². The smallest absolute Gasteiger partial charge is 0.231 e. The van der Waals surface area contributed by atoms with Gasteiger partial charge >= 0.3 is 0 Å². The van der Waals surface area contributed by atoms with E-state index in [1.165, 1.54) is 24.8 Å². The van der Waals surface area contributed by atoms with Crippen molar-refractivity contribution in [2.75, 3.05) is 6.79 Å². The van der Waals surface area contributed by atoms with Crippen molar-refractivity contribution >= 4 is 0 Å². The van der Waals surface area contributed by atoms with Crippen molar-refractivity contribution < 1.29 is 9.47 Å². The second-order valence-corrected chi connectivity index (χ2v) is 4.83. The molecule has 0 radical (unpaired) electrons. The Balaban J connectivity index is 1.81. The van der Waals surface area contributed by atoms with E-state index in [4.69, 9.17) is 9.47 Å². The summed E-state index contributed by atoms with van der Waals surface area (Å²) in [7, 11) is 0. The SMILES string of the molecule is CC(C)CCCCc1ccc2c(c1)OCO2. The van der Waals surface area contributed by atoms with Crippen LogP contribution in [0, 0.1) is 5.92 Å². The lowest BCUT2D eigenvalue weighted by Crippen LogP contribution is -1.93. The molecular formula is C14H20O2. The van der Waals surface area contributed by atoms with Crippen molar-refractivity contribution in [1.29, 1.82) is 0 Å². The Bertz CT molecular complexity index is 345. The number of fused-ring (bicyclic) bond motifs is 1. The molecule has 16 heavy (non-hydrogen) atoms.